The van der Waals surface area contributed by atoms with E-state index in [2.05, 4.69) is 16.5 Å². The second kappa shape index (κ2) is 9.79. The van der Waals surface area contributed by atoms with Gasteiger partial charge in [-0.2, -0.15) is 9.97 Å². The summed E-state index contributed by atoms with van der Waals surface area (Å²) in [6, 6.07) is 0. The molecule has 0 unspecified atom stereocenters. The zero-order chi connectivity index (χ0) is 23.6. The number of aromatic nitrogens is 3. The molecule has 2 aromatic rings. The number of anilines is 1. The topological polar surface area (TPSA) is 137 Å². The highest BCUT2D eigenvalue weighted by Gasteiger charge is 2.51. The minimum Gasteiger partial charge on any atom is -0.487 e. The first-order chi connectivity index (χ1) is 15.1. The fraction of sp³-hybridized carbons (Fsp3) is 0.526. The zero-order valence-electron chi connectivity index (χ0n) is 18.0. The first-order valence-corrected chi connectivity index (χ1v) is 10.9. The Hall–Kier alpha value is -2.77. The van der Waals surface area contributed by atoms with Gasteiger partial charge in [-0.3, -0.25) is 14.2 Å². The van der Waals surface area contributed by atoms with Crippen LogP contribution in [0.15, 0.2) is 12.3 Å². The number of fused-ring (bicyclic) bond motifs is 1. The van der Waals surface area contributed by atoms with Crippen LogP contribution < -0.4 is 10.5 Å². The van der Waals surface area contributed by atoms with Crippen LogP contribution in [0.25, 0.3) is 10.3 Å². The molecule has 2 aromatic heterocycles. The SMILES string of the molecule is C=C(C)O[C@@H]1[C@H](OC(C)=O)[C@@H](COC(C)=O)O[C@H]1n1c(=S)sc2c(OCC)nc(N)nc21. The standard InChI is InChI=1S/C19H24N4O7S2/c1-6-26-16-14-15(21-18(20)22-16)23(19(31)32-14)17-13(28-8(2)3)12(29-10(5)25)11(30-17)7-27-9(4)24/h11-13,17H,2,6-7H2,1,3-5H3,(H2,20,21,22)/t11-,12-,13-,17-/m1/s1. The van der Waals surface area contributed by atoms with Gasteiger partial charge >= 0.3 is 11.9 Å². The summed E-state index contributed by atoms with van der Waals surface area (Å²) in [5.74, 6) is -0.398. The number of nitrogens with two attached hydrogens (primary N) is 1. The van der Waals surface area contributed by atoms with E-state index in [1.807, 2.05) is 6.92 Å². The summed E-state index contributed by atoms with van der Waals surface area (Å²) in [5, 5.41) is 0. The lowest BCUT2D eigenvalue weighted by Gasteiger charge is -2.25. The minimum absolute atomic E-state index is 0.00846. The van der Waals surface area contributed by atoms with Crippen molar-refractivity contribution >= 4 is 51.8 Å². The van der Waals surface area contributed by atoms with Crippen LogP contribution in [0, 0.1) is 3.95 Å². The molecular weight excluding hydrogens is 460 g/mol. The van der Waals surface area contributed by atoms with Crippen LogP contribution in [0.5, 0.6) is 5.88 Å². The summed E-state index contributed by atoms with van der Waals surface area (Å²) >= 11 is 6.80. The predicted molar refractivity (Wildman–Crippen MR) is 118 cm³/mol. The van der Waals surface area contributed by atoms with Gasteiger partial charge in [-0.25, -0.2) is 0 Å². The Morgan fingerprint density at radius 3 is 2.53 bits per heavy atom. The number of carbonyl (C=O) groups is 2. The van der Waals surface area contributed by atoms with E-state index in [1.54, 1.807) is 11.5 Å². The van der Waals surface area contributed by atoms with Crippen molar-refractivity contribution in [3.8, 4) is 5.88 Å². The first kappa shape index (κ1) is 23.9. The fourth-order valence-corrected chi connectivity index (χ4v) is 4.64. The third kappa shape index (κ3) is 5.00. The maximum absolute atomic E-state index is 11.8. The van der Waals surface area contributed by atoms with Crippen LogP contribution in [0.3, 0.4) is 0 Å². The Balaban J connectivity index is 2.13. The highest BCUT2D eigenvalue weighted by atomic mass is 32.1. The van der Waals surface area contributed by atoms with Gasteiger partial charge in [-0.15, -0.1) is 0 Å². The minimum atomic E-state index is -0.907. The van der Waals surface area contributed by atoms with Gasteiger partial charge in [0.05, 0.1) is 12.4 Å². The van der Waals surface area contributed by atoms with E-state index in [4.69, 9.17) is 41.6 Å². The lowest BCUT2D eigenvalue weighted by Crippen LogP contribution is -2.39. The van der Waals surface area contributed by atoms with E-state index in [-0.39, 0.29) is 12.6 Å². The molecule has 0 radical (unpaired) electrons. The number of rotatable bonds is 8. The van der Waals surface area contributed by atoms with Gasteiger partial charge in [0.25, 0.3) is 0 Å². The molecule has 13 heteroatoms. The fourth-order valence-electron chi connectivity index (χ4n) is 3.31. The summed E-state index contributed by atoms with van der Waals surface area (Å²) in [4.78, 5) is 31.6. The monoisotopic (exact) mass is 484 g/mol. The highest BCUT2D eigenvalue weighted by molar-refractivity contribution is 7.73. The molecule has 3 heterocycles. The van der Waals surface area contributed by atoms with Gasteiger partial charge in [-0.05, 0) is 26.1 Å². The van der Waals surface area contributed by atoms with Gasteiger partial charge in [0.2, 0.25) is 11.8 Å². The van der Waals surface area contributed by atoms with Crippen molar-refractivity contribution in [1.82, 2.24) is 14.5 Å². The normalized spacial score (nSPS) is 22.5. The van der Waals surface area contributed by atoms with Crippen LogP contribution in [0.2, 0.25) is 0 Å². The van der Waals surface area contributed by atoms with Gasteiger partial charge in [0.1, 0.15) is 17.4 Å². The maximum atomic E-state index is 11.8. The Morgan fingerprint density at radius 2 is 1.94 bits per heavy atom. The number of nitrogens with zero attached hydrogens (tertiary/aromatic N) is 3. The second-order valence-corrected chi connectivity index (χ2v) is 8.58. The smallest absolute Gasteiger partial charge is 0.303 e. The summed E-state index contributed by atoms with van der Waals surface area (Å²) in [5.41, 5.74) is 6.27. The Labute approximate surface area is 193 Å². The molecule has 2 N–H and O–H groups in total. The summed E-state index contributed by atoms with van der Waals surface area (Å²) in [6.45, 7) is 10.0. The molecule has 4 atom stereocenters. The molecule has 0 bridgehead atoms. The van der Waals surface area contributed by atoms with Crippen molar-refractivity contribution in [3.05, 3.63) is 16.3 Å². The van der Waals surface area contributed by atoms with E-state index in [0.717, 1.165) is 0 Å². The lowest BCUT2D eigenvalue weighted by atomic mass is 10.1. The number of hydrogen-bond donors (Lipinski definition) is 1. The van der Waals surface area contributed by atoms with Crippen molar-refractivity contribution in [2.24, 2.45) is 0 Å². The van der Waals surface area contributed by atoms with E-state index in [1.165, 1.54) is 25.2 Å². The first-order valence-electron chi connectivity index (χ1n) is 9.71. The lowest BCUT2D eigenvalue weighted by molar-refractivity contribution is -0.157. The molecule has 0 aliphatic carbocycles. The van der Waals surface area contributed by atoms with Crippen molar-refractivity contribution in [2.75, 3.05) is 18.9 Å². The molecule has 1 aliphatic rings. The third-order valence-electron chi connectivity index (χ3n) is 4.36. The Morgan fingerprint density at radius 1 is 1.22 bits per heavy atom. The number of hydrogen-bond acceptors (Lipinski definition) is 12. The number of thiazole rings is 1. The largest absolute Gasteiger partial charge is 0.487 e. The molecule has 1 fully saturated rings. The number of carbonyl (C=O) groups excluding carboxylic acids is 2. The van der Waals surface area contributed by atoms with Crippen LogP contribution >= 0.6 is 23.6 Å². The van der Waals surface area contributed by atoms with E-state index < -0.39 is 36.5 Å². The van der Waals surface area contributed by atoms with Crippen LogP contribution in [-0.2, 0) is 28.5 Å². The van der Waals surface area contributed by atoms with Crippen LogP contribution in [0.4, 0.5) is 5.95 Å². The molecule has 0 aromatic carbocycles. The predicted octanol–water partition coefficient (Wildman–Crippen LogP) is 2.51. The van der Waals surface area contributed by atoms with E-state index >= 15 is 0 Å². The highest BCUT2D eigenvalue weighted by Crippen LogP contribution is 2.40. The van der Waals surface area contributed by atoms with Crippen LogP contribution in [-0.4, -0.2) is 58.0 Å². The number of allylic oxidation sites excluding steroid dienone is 1. The molecule has 32 heavy (non-hydrogen) atoms. The zero-order valence-corrected chi connectivity index (χ0v) is 19.7. The third-order valence-corrected chi connectivity index (χ3v) is 5.74. The second-order valence-electron chi connectivity index (χ2n) is 6.94. The van der Waals surface area contributed by atoms with Gasteiger partial charge in [-0.1, -0.05) is 17.9 Å². The van der Waals surface area contributed by atoms with Crippen molar-refractivity contribution in [1.29, 1.82) is 0 Å². The molecule has 0 spiro atoms. The molecule has 0 saturated carbocycles. The Kier molecular flexibility index (Phi) is 7.31. The molecule has 11 nitrogen and oxygen atoms in total. The van der Waals surface area contributed by atoms with Gasteiger partial charge < -0.3 is 29.4 Å². The van der Waals surface area contributed by atoms with E-state index in [9.17, 15) is 9.59 Å². The van der Waals surface area contributed by atoms with Crippen molar-refractivity contribution in [2.45, 2.75) is 52.2 Å². The average Bonchev–Trinajstić information content (AvgIpc) is 3.16. The molecule has 1 saturated heterocycles. The number of esters is 2. The average molecular weight is 485 g/mol. The van der Waals surface area contributed by atoms with Gasteiger partial charge in [0, 0.05) is 13.8 Å². The van der Waals surface area contributed by atoms with E-state index in [0.29, 0.717) is 32.5 Å². The quantitative estimate of drug-likeness (QED) is 0.336. The summed E-state index contributed by atoms with van der Waals surface area (Å²) in [7, 11) is 0. The molecule has 0 amide bonds. The summed E-state index contributed by atoms with van der Waals surface area (Å²) in [6.07, 6.45) is -3.47. The number of ether oxygens (including phenoxy) is 5. The molecular formula is C19H24N4O7S2. The Bertz CT molecular complexity index is 1100. The van der Waals surface area contributed by atoms with Crippen LogP contribution in [0.1, 0.15) is 33.9 Å². The molecule has 174 valence electrons. The number of nitrogen functional groups attached to an aromatic ring is 1. The summed E-state index contributed by atoms with van der Waals surface area (Å²) < 4.78 is 30.8. The van der Waals surface area contributed by atoms with Gasteiger partial charge in [0.15, 0.2) is 28.0 Å². The maximum Gasteiger partial charge on any atom is 0.303 e. The van der Waals surface area contributed by atoms with Crippen molar-refractivity contribution < 1.29 is 33.3 Å². The van der Waals surface area contributed by atoms with Crippen molar-refractivity contribution in [3.63, 3.8) is 0 Å². The molecule has 3 rings (SSSR count). The molecule has 1 aliphatic heterocycles.